The lowest BCUT2D eigenvalue weighted by molar-refractivity contribution is -0.149. The number of carbonyl (C=O) groups excluding carboxylic acids is 2. The van der Waals surface area contributed by atoms with Crippen molar-refractivity contribution in [1.29, 1.82) is 0 Å². The molecule has 2 heterocycles. The number of esters is 1. The number of nitrogens with one attached hydrogen (secondary N) is 1. The Labute approximate surface area is 120 Å². The van der Waals surface area contributed by atoms with Gasteiger partial charge >= 0.3 is 5.97 Å². The summed E-state index contributed by atoms with van der Waals surface area (Å²) in [7, 11) is 1.42. The van der Waals surface area contributed by atoms with Gasteiger partial charge in [-0.25, -0.2) is 0 Å². The second-order valence-corrected chi connectivity index (χ2v) is 5.70. The number of piperidine rings is 1. The van der Waals surface area contributed by atoms with Crippen molar-refractivity contribution in [2.24, 2.45) is 5.92 Å². The standard InChI is InChI=1S/C14H25N3O3/c1-11-9-15-5-8-17(11)10-13(18)16-6-3-12(4-7-16)14(19)20-2/h11-12,15H,3-10H2,1-2H3. The SMILES string of the molecule is COC(=O)C1CCN(C(=O)CN2CCNCC2C)CC1. The number of hydrogen-bond donors (Lipinski definition) is 1. The van der Waals surface area contributed by atoms with E-state index in [1.54, 1.807) is 0 Å². The third kappa shape index (κ3) is 3.70. The average molecular weight is 283 g/mol. The number of methoxy groups -OCH3 is 1. The predicted octanol–water partition coefficient (Wildman–Crippen LogP) is -0.308. The van der Waals surface area contributed by atoms with Gasteiger partial charge in [-0.15, -0.1) is 0 Å². The van der Waals surface area contributed by atoms with Gasteiger partial charge in [-0.3, -0.25) is 14.5 Å². The van der Waals surface area contributed by atoms with Gasteiger partial charge in [0.1, 0.15) is 0 Å². The zero-order valence-electron chi connectivity index (χ0n) is 12.4. The number of likely N-dealkylation sites (tertiary alicyclic amines) is 1. The number of hydrogen-bond acceptors (Lipinski definition) is 5. The van der Waals surface area contributed by atoms with Crippen molar-refractivity contribution in [2.75, 3.05) is 46.4 Å². The molecule has 0 saturated carbocycles. The Bertz CT molecular complexity index is 354. The highest BCUT2D eigenvalue weighted by molar-refractivity contribution is 5.79. The van der Waals surface area contributed by atoms with Crippen molar-refractivity contribution < 1.29 is 14.3 Å². The van der Waals surface area contributed by atoms with Crippen LogP contribution in [0.1, 0.15) is 19.8 Å². The Morgan fingerprint density at radius 2 is 1.95 bits per heavy atom. The first-order valence-corrected chi connectivity index (χ1v) is 7.42. The molecule has 0 aromatic carbocycles. The molecule has 2 aliphatic heterocycles. The summed E-state index contributed by atoms with van der Waals surface area (Å²) >= 11 is 0. The van der Waals surface area contributed by atoms with Gasteiger partial charge in [0.25, 0.3) is 0 Å². The Morgan fingerprint density at radius 1 is 1.25 bits per heavy atom. The molecule has 1 unspecified atom stereocenters. The van der Waals surface area contributed by atoms with Crippen LogP contribution >= 0.6 is 0 Å². The molecule has 2 fully saturated rings. The van der Waals surface area contributed by atoms with E-state index in [0.717, 1.165) is 32.5 Å². The van der Waals surface area contributed by atoms with E-state index in [4.69, 9.17) is 4.74 Å². The van der Waals surface area contributed by atoms with Gasteiger partial charge in [0, 0.05) is 38.8 Å². The lowest BCUT2D eigenvalue weighted by Crippen LogP contribution is -2.54. The third-order valence-corrected chi connectivity index (χ3v) is 4.36. The maximum atomic E-state index is 12.3. The molecule has 0 aromatic rings. The topological polar surface area (TPSA) is 61.9 Å². The molecule has 2 rings (SSSR count). The molecule has 2 saturated heterocycles. The zero-order chi connectivity index (χ0) is 14.5. The third-order valence-electron chi connectivity index (χ3n) is 4.36. The number of carbonyl (C=O) groups is 2. The van der Waals surface area contributed by atoms with Gasteiger partial charge in [0.05, 0.1) is 19.6 Å². The number of piperazine rings is 1. The van der Waals surface area contributed by atoms with E-state index in [9.17, 15) is 9.59 Å². The van der Waals surface area contributed by atoms with Crippen molar-refractivity contribution in [3.63, 3.8) is 0 Å². The summed E-state index contributed by atoms with van der Waals surface area (Å²) in [5.41, 5.74) is 0. The Balaban J connectivity index is 1.78. The molecule has 20 heavy (non-hydrogen) atoms. The lowest BCUT2D eigenvalue weighted by Gasteiger charge is -2.36. The molecule has 6 nitrogen and oxygen atoms in total. The first kappa shape index (κ1) is 15.3. The Kier molecular flexibility index (Phi) is 5.37. The van der Waals surface area contributed by atoms with E-state index in [1.165, 1.54) is 7.11 Å². The molecule has 1 amide bonds. The van der Waals surface area contributed by atoms with Gasteiger partial charge in [-0.2, -0.15) is 0 Å². The fourth-order valence-electron chi connectivity index (χ4n) is 2.92. The fraction of sp³-hybridized carbons (Fsp3) is 0.857. The van der Waals surface area contributed by atoms with E-state index in [1.807, 2.05) is 4.90 Å². The number of amides is 1. The van der Waals surface area contributed by atoms with Crippen LogP contribution in [0.15, 0.2) is 0 Å². The van der Waals surface area contributed by atoms with Crippen molar-refractivity contribution in [2.45, 2.75) is 25.8 Å². The van der Waals surface area contributed by atoms with Crippen molar-refractivity contribution >= 4 is 11.9 Å². The van der Waals surface area contributed by atoms with E-state index < -0.39 is 0 Å². The van der Waals surface area contributed by atoms with E-state index in [2.05, 4.69) is 17.1 Å². The summed E-state index contributed by atoms with van der Waals surface area (Å²) in [4.78, 5) is 27.9. The molecule has 0 spiro atoms. The van der Waals surface area contributed by atoms with Crippen LogP contribution in [0.2, 0.25) is 0 Å². The molecule has 1 atom stereocenters. The quantitative estimate of drug-likeness (QED) is 0.720. The molecular formula is C14H25N3O3. The highest BCUT2D eigenvalue weighted by Gasteiger charge is 2.29. The Morgan fingerprint density at radius 3 is 2.55 bits per heavy atom. The number of nitrogens with zero attached hydrogens (tertiary/aromatic N) is 2. The van der Waals surface area contributed by atoms with Crippen LogP contribution in [0.4, 0.5) is 0 Å². The summed E-state index contributed by atoms with van der Waals surface area (Å²) in [6, 6.07) is 0.403. The second-order valence-electron chi connectivity index (χ2n) is 5.70. The Hall–Kier alpha value is -1.14. The lowest BCUT2D eigenvalue weighted by atomic mass is 9.97. The first-order valence-electron chi connectivity index (χ1n) is 7.42. The van der Waals surface area contributed by atoms with Gasteiger partial charge < -0.3 is 15.0 Å². The molecule has 114 valence electrons. The largest absolute Gasteiger partial charge is 0.469 e. The zero-order valence-corrected chi connectivity index (χ0v) is 12.4. The van der Waals surface area contributed by atoms with E-state index in [0.29, 0.717) is 25.7 Å². The normalized spacial score (nSPS) is 25.5. The fourth-order valence-corrected chi connectivity index (χ4v) is 2.92. The monoisotopic (exact) mass is 283 g/mol. The minimum Gasteiger partial charge on any atom is -0.469 e. The molecule has 1 N–H and O–H groups in total. The molecule has 2 aliphatic rings. The van der Waals surface area contributed by atoms with Crippen molar-refractivity contribution in [3.8, 4) is 0 Å². The summed E-state index contributed by atoms with van der Waals surface area (Å²) in [5, 5.41) is 3.32. The van der Waals surface area contributed by atoms with Gasteiger partial charge in [-0.05, 0) is 19.8 Å². The van der Waals surface area contributed by atoms with Crippen LogP contribution in [0.5, 0.6) is 0 Å². The molecule has 6 heteroatoms. The van der Waals surface area contributed by atoms with Crippen LogP contribution < -0.4 is 5.32 Å². The van der Waals surface area contributed by atoms with Gasteiger partial charge in [0.2, 0.25) is 5.91 Å². The van der Waals surface area contributed by atoms with E-state index in [-0.39, 0.29) is 17.8 Å². The highest BCUT2D eigenvalue weighted by atomic mass is 16.5. The van der Waals surface area contributed by atoms with Crippen LogP contribution in [-0.2, 0) is 14.3 Å². The minimum atomic E-state index is -0.146. The predicted molar refractivity (Wildman–Crippen MR) is 75.2 cm³/mol. The van der Waals surface area contributed by atoms with Crippen LogP contribution in [0.3, 0.4) is 0 Å². The molecule has 0 bridgehead atoms. The summed E-state index contributed by atoms with van der Waals surface area (Å²) in [6.45, 7) is 6.78. The summed E-state index contributed by atoms with van der Waals surface area (Å²) in [5.74, 6) is -0.00273. The smallest absolute Gasteiger partial charge is 0.308 e. The maximum Gasteiger partial charge on any atom is 0.308 e. The average Bonchev–Trinajstić information content (AvgIpc) is 2.49. The summed E-state index contributed by atoms with van der Waals surface area (Å²) < 4.78 is 4.76. The van der Waals surface area contributed by atoms with Crippen molar-refractivity contribution in [1.82, 2.24) is 15.1 Å². The molecule has 0 aliphatic carbocycles. The number of ether oxygens (including phenoxy) is 1. The van der Waals surface area contributed by atoms with Gasteiger partial charge in [-0.1, -0.05) is 0 Å². The molecular weight excluding hydrogens is 258 g/mol. The minimum absolute atomic E-state index is 0.0397. The van der Waals surface area contributed by atoms with Crippen LogP contribution in [0, 0.1) is 5.92 Å². The summed E-state index contributed by atoms with van der Waals surface area (Å²) in [6.07, 6.45) is 1.44. The number of rotatable bonds is 3. The first-order chi connectivity index (χ1) is 9.61. The van der Waals surface area contributed by atoms with Crippen LogP contribution in [-0.4, -0.2) is 74.1 Å². The highest BCUT2D eigenvalue weighted by Crippen LogP contribution is 2.18. The van der Waals surface area contributed by atoms with E-state index >= 15 is 0 Å². The molecule has 0 radical (unpaired) electrons. The van der Waals surface area contributed by atoms with Crippen LogP contribution in [0.25, 0.3) is 0 Å². The maximum absolute atomic E-state index is 12.3. The van der Waals surface area contributed by atoms with Crippen molar-refractivity contribution in [3.05, 3.63) is 0 Å². The molecule has 0 aromatic heterocycles. The second kappa shape index (κ2) is 7.04. The van der Waals surface area contributed by atoms with Gasteiger partial charge in [0.15, 0.2) is 0 Å².